The predicted molar refractivity (Wildman–Crippen MR) is 73.9 cm³/mol. The maximum absolute atomic E-state index is 10.3. The quantitative estimate of drug-likeness (QED) is 0.298. The van der Waals surface area contributed by atoms with E-state index in [1.807, 2.05) is 0 Å². The largest absolute Gasteiger partial charge is 0.458 e. The molecule has 0 aliphatic rings. The average Bonchev–Trinajstić information content (AvgIpc) is 2.36. The SMILES string of the molecule is C=CCOC(=O)C=C.CCCCCCCC(N)=O. The van der Waals surface area contributed by atoms with Crippen LogP contribution in [0.25, 0.3) is 0 Å². The summed E-state index contributed by atoms with van der Waals surface area (Å²) in [6.45, 7) is 8.99. The zero-order valence-corrected chi connectivity index (χ0v) is 11.3. The number of esters is 1. The first kappa shape index (κ1) is 18.8. The molecule has 0 saturated carbocycles. The van der Waals surface area contributed by atoms with Crippen LogP contribution >= 0.6 is 0 Å². The Hall–Kier alpha value is -1.58. The van der Waals surface area contributed by atoms with E-state index in [-0.39, 0.29) is 12.5 Å². The molecule has 2 N–H and O–H groups in total. The van der Waals surface area contributed by atoms with Crippen molar-refractivity contribution in [1.82, 2.24) is 0 Å². The third kappa shape index (κ3) is 19.9. The number of hydrogen-bond acceptors (Lipinski definition) is 3. The molecule has 0 radical (unpaired) electrons. The van der Waals surface area contributed by atoms with Gasteiger partial charge in [-0.15, -0.1) is 0 Å². The highest BCUT2D eigenvalue weighted by atomic mass is 16.5. The van der Waals surface area contributed by atoms with Gasteiger partial charge in [0.2, 0.25) is 5.91 Å². The Morgan fingerprint density at radius 3 is 2.22 bits per heavy atom. The van der Waals surface area contributed by atoms with E-state index in [1.54, 1.807) is 0 Å². The molecule has 0 aliphatic carbocycles. The van der Waals surface area contributed by atoms with Crippen LogP contribution in [0.15, 0.2) is 25.3 Å². The van der Waals surface area contributed by atoms with E-state index in [1.165, 1.54) is 25.3 Å². The number of carbonyl (C=O) groups is 2. The van der Waals surface area contributed by atoms with E-state index < -0.39 is 5.97 Å². The van der Waals surface area contributed by atoms with Crippen molar-refractivity contribution < 1.29 is 14.3 Å². The van der Waals surface area contributed by atoms with Gasteiger partial charge >= 0.3 is 5.97 Å². The fraction of sp³-hybridized carbons (Fsp3) is 0.571. The number of primary amides is 1. The van der Waals surface area contributed by atoms with Crippen LogP contribution in [0.5, 0.6) is 0 Å². The van der Waals surface area contributed by atoms with E-state index in [0.717, 1.165) is 18.9 Å². The van der Waals surface area contributed by atoms with Crippen molar-refractivity contribution in [2.45, 2.75) is 45.4 Å². The lowest BCUT2D eigenvalue weighted by Crippen LogP contribution is -2.09. The number of unbranched alkanes of at least 4 members (excludes halogenated alkanes) is 4. The van der Waals surface area contributed by atoms with Gasteiger partial charge in [0.05, 0.1) is 0 Å². The van der Waals surface area contributed by atoms with Crippen molar-refractivity contribution in [3.8, 4) is 0 Å². The highest BCUT2D eigenvalue weighted by Gasteiger charge is 1.92. The average molecular weight is 255 g/mol. The summed E-state index contributed by atoms with van der Waals surface area (Å²) in [6, 6.07) is 0. The van der Waals surface area contributed by atoms with Crippen LogP contribution in [-0.2, 0) is 14.3 Å². The maximum atomic E-state index is 10.3. The summed E-state index contributed by atoms with van der Waals surface area (Å²) in [5.74, 6) is -0.582. The molecule has 0 aromatic heterocycles. The fourth-order valence-electron chi connectivity index (χ4n) is 1.10. The van der Waals surface area contributed by atoms with Gasteiger partial charge in [-0.05, 0) is 6.42 Å². The van der Waals surface area contributed by atoms with Gasteiger partial charge in [0.1, 0.15) is 6.61 Å². The van der Waals surface area contributed by atoms with Crippen LogP contribution in [0.2, 0.25) is 0 Å². The highest BCUT2D eigenvalue weighted by Crippen LogP contribution is 2.03. The van der Waals surface area contributed by atoms with Gasteiger partial charge in [0, 0.05) is 12.5 Å². The molecule has 0 spiro atoms. The standard InChI is InChI=1S/C8H17NO.C6H8O2/c1-2-3-4-5-6-7-8(9)10;1-3-5-8-6(7)4-2/h2-7H2,1H3,(H2,9,10);3-4H,1-2,5H2. The first-order valence-corrected chi connectivity index (χ1v) is 6.26. The van der Waals surface area contributed by atoms with Crippen LogP contribution in [-0.4, -0.2) is 18.5 Å². The first-order chi connectivity index (χ1) is 8.58. The topological polar surface area (TPSA) is 69.4 Å². The third-order valence-electron chi connectivity index (χ3n) is 2.04. The van der Waals surface area contributed by atoms with Crippen molar-refractivity contribution in [2.75, 3.05) is 6.61 Å². The Labute approximate surface area is 110 Å². The van der Waals surface area contributed by atoms with Crippen LogP contribution in [0.4, 0.5) is 0 Å². The number of hydrogen-bond donors (Lipinski definition) is 1. The zero-order valence-electron chi connectivity index (χ0n) is 11.3. The lowest BCUT2D eigenvalue weighted by atomic mass is 10.1. The van der Waals surface area contributed by atoms with Crippen molar-refractivity contribution in [1.29, 1.82) is 0 Å². The summed E-state index contributed by atoms with van der Waals surface area (Å²) in [6.07, 6.45) is 9.06. The van der Waals surface area contributed by atoms with Gasteiger partial charge in [0.15, 0.2) is 0 Å². The van der Waals surface area contributed by atoms with Gasteiger partial charge in [-0.2, -0.15) is 0 Å². The predicted octanol–water partition coefficient (Wildman–Crippen LogP) is 2.73. The van der Waals surface area contributed by atoms with E-state index in [0.29, 0.717) is 6.42 Å². The molecule has 0 saturated heterocycles. The smallest absolute Gasteiger partial charge is 0.330 e. The number of rotatable bonds is 9. The third-order valence-corrected chi connectivity index (χ3v) is 2.04. The Morgan fingerprint density at radius 1 is 1.17 bits per heavy atom. The second kappa shape index (κ2) is 15.4. The molecular weight excluding hydrogens is 230 g/mol. The number of ether oxygens (including phenoxy) is 1. The summed E-state index contributed by atoms with van der Waals surface area (Å²) in [5, 5.41) is 0. The van der Waals surface area contributed by atoms with Crippen LogP contribution in [0.3, 0.4) is 0 Å². The van der Waals surface area contributed by atoms with E-state index >= 15 is 0 Å². The molecule has 0 unspecified atom stereocenters. The van der Waals surface area contributed by atoms with Gasteiger partial charge in [-0.1, -0.05) is 51.8 Å². The summed E-state index contributed by atoms with van der Waals surface area (Å²) >= 11 is 0. The summed E-state index contributed by atoms with van der Waals surface area (Å²) in [7, 11) is 0. The first-order valence-electron chi connectivity index (χ1n) is 6.26. The fourth-order valence-corrected chi connectivity index (χ4v) is 1.10. The highest BCUT2D eigenvalue weighted by molar-refractivity contribution is 5.81. The molecule has 18 heavy (non-hydrogen) atoms. The Bertz CT molecular complexity index is 249. The zero-order chi connectivity index (χ0) is 14.2. The van der Waals surface area contributed by atoms with Crippen molar-refractivity contribution in [3.63, 3.8) is 0 Å². The van der Waals surface area contributed by atoms with E-state index in [2.05, 4.69) is 24.8 Å². The molecule has 0 aromatic carbocycles. The van der Waals surface area contributed by atoms with Crippen LogP contribution < -0.4 is 5.73 Å². The molecule has 1 amide bonds. The summed E-state index contributed by atoms with van der Waals surface area (Å²) in [4.78, 5) is 20.4. The lowest BCUT2D eigenvalue weighted by molar-refractivity contribution is -0.136. The van der Waals surface area contributed by atoms with E-state index in [4.69, 9.17) is 5.73 Å². The number of carbonyl (C=O) groups excluding carboxylic acids is 2. The Morgan fingerprint density at radius 2 is 1.78 bits per heavy atom. The normalized spacial score (nSPS) is 8.72. The van der Waals surface area contributed by atoms with Crippen molar-refractivity contribution in [2.24, 2.45) is 5.73 Å². The molecule has 0 atom stereocenters. The minimum atomic E-state index is -0.412. The molecule has 0 bridgehead atoms. The van der Waals surface area contributed by atoms with Crippen LogP contribution in [0.1, 0.15) is 45.4 Å². The van der Waals surface area contributed by atoms with Gasteiger partial charge in [-0.3, -0.25) is 4.79 Å². The Kier molecular flexibility index (Phi) is 16.1. The molecule has 104 valence electrons. The second-order valence-electron chi connectivity index (χ2n) is 3.75. The maximum Gasteiger partial charge on any atom is 0.330 e. The monoisotopic (exact) mass is 255 g/mol. The molecule has 0 fully saturated rings. The molecule has 0 heterocycles. The summed E-state index contributed by atoms with van der Waals surface area (Å²) in [5.41, 5.74) is 4.97. The number of amides is 1. The molecule has 0 aromatic rings. The number of nitrogens with two attached hydrogens (primary N) is 1. The van der Waals surface area contributed by atoms with Crippen LogP contribution in [0, 0.1) is 0 Å². The van der Waals surface area contributed by atoms with E-state index in [9.17, 15) is 9.59 Å². The molecule has 4 nitrogen and oxygen atoms in total. The van der Waals surface area contributed by atoms with Gasteiger partial charge < -0.3 is 10.5 Å². The van der Waals surface area contributed by atoms with Gasteiger partial charge in [-0.25, -0.2) is 4.79 Å². The molecular formula is C14H25NO3. The molecule has 0 aliphatic heterocycles. The summed E-state index contributed by atoms with van der Waals surface area (Å²) < 4.78 is 4.47. The van der Waals surface area contributed by atoms with Gasteiger partial charge in [0.25, 0.3) is 0 Å². The van der Waals surface area contributed by atoms with Crippen molar-refractivity contribution in [3.05, 3.63) is 25.3 Å². The molecule has 0 rings (SSSR count). The van der Waals surface area contributed by atoms with Crippen molar-refractivity contribution >= 4 is 11.9 Å². The minimum absolute atomic E-state index is 0.170. The molecule has 4 heteroatoms. The lowest BCUT2D eigenvalue weighted by Gasteiger charge is -1.95. The second-order valence-corrected chi connectivity index (χ2v) is 3.75. The minimum Gasteiger partial charge on any atom is -0.458 e. The Balaban J connectivity index is 0.